The predicted molar refractivity (Wildman–Crippen MR) is 46.8 cm³/mol. The quantitative estimate of drug-likeness (QED) is 0.355. The van der Waals surface area contributed by atoms with Crippen LogP contribution in [0.25, 0.3) is 0 Å². The highest BCUT2D eigenvalue weighted by Gasteiger charge is 2.12. The summed E-state index contributed by atoms with van der Waals surface area (Å²) < 4.78 is 4.24. The van der Waals surface area contributed by atoms with Gasteiger partial charge in [0, 0.05) is 12.1 Å². The first-order valence-corrected chi connectivity index (χ1v) is 3.73. The molecule has 0 radical (unpaired) electrons. The first-order valence-electron chi connectivity index (χ1n) is 3.35. The summed E-state index contributed by atoms with van der Waals surface area (Å²) in [7, 11) is 0. The van der Waals surface area contributed by atoms with Gasteiger partial charge in [0.1, 0.15) is 0 Å². The monoisotopic (exact) mass is 217 g/mol. The van der Waals surface area contributed by atoms with E-state index in [-0.39, 0.29) is 16.5 Å². The molecule has 0 aliphatic carbocycles. The van der Waals surface area contributed by atoms with Crippen LogP contribution >= 0.6 is 11.6 Å². The van der Waals surface area contributed by atoms with E-state index in [9.17, 15) is 14.9 Å². The Labute approximate surface area is 82.8 Å². The zero-order valence-electron chi connectivity index (χ0n) is 6.64. The number of hydrogen-bond donors (Lipinski definition) is 1. The number of rotatable bonds is 2. The van der Waals surface area contributed by atoms with Crippen LogP contribution < -0.4 is 4.74 Å². The van der Waals surface area contributed by atoms with Crippen molar-refractivity contribution >= 4 is 23.4 Å². The van der Waals surface area contributed by atoms with Crippen molar-refractivity contribution in [3.05, 3.63) is 33.3 Å². The van der Waals surface area contributed by atoms with E-state index in [0.717, 1.165) is 18.2 Å². The fraction of sp³-hybridized carbons (Fsp3) is 0. The number of halogens is 1. The summed E-state index contributed by atoms with van der Waals surface area (Å²) in [6, 6.07) is 3.23. The van der Waals surface area contributed by atoms with Crippen LogP contribution in [0.3, 0.4) is 0 Å². The Hall–Kier alpha value is -1.82. The molecule has 6 nitrogen and oxygen atoms in total. The van der Waals surface area contributed by atoms with E-state index in [4.69, 9.17) is 16.7 Å². The summed E-state index contributed by atoms with van der Waals surface area (Å²) in [6.07, 6.45) is -1.53. The van der Waals surface area contributed by atoms with E-state index in [1.165, 1.54) is 0 Å². The van der Waals surface area contributed by atoms with E-state index < -0.39 is 11.1 Å². The summed E-state index contributed by atoms with van der Waals surface area (Å²) >= 11 is 5.52. The van der Waals surface area contributed by atoms with Gasteiger partial charge in [-0.15, -0.1) is 0 Å². The third-order valence-electron chi connectivity index (χ3n) is 1.32. The van der Waals surface area contributed by atoms with E-state index in [1.807, 2.05) is 0 Å². The molecule has 0 saturated heterocycles. The van der Waals surface area contributed by atoms with Crippen molar-refractivity contribution < 1.29 is 19.6 Å². The first-order chi connectivity index (χ1) is 6.50. The Balaban J connectivity index is 3.01. The lowest BCUT2D eigenvalue weighted by molar-refractivity contribution is -0.384. The van der Waals surface area contributed by atoms with Crippen molar-refractivity contribution in [1.29, 1.82) is 0 Å². The normalized spacial score (nSPS) is 9.50. The molecule has 1 aromatic rings. The maximum absolute atomic E-state index is 10.3. The summed E-state index contributed by atoms with van der Waals surface area (Å²) in [5.74, 6) is -0.134. The molecule has 0 fully saturated rings. The van der Waals surface area contributed by atoms with Crippen LogP contribution in [-0.2, 0) is 0 Å². The van der Waals surface area contributed by atoms with Gasteiger partial charge in [0.05, 0.1) is 9.95 Å². The van der Waals surface area contributed by atoms with Gasteiger partial charge in [-0.2, -0.15) is 0 Å². The van der Waals surface area contributed by atoms with Crippen molar-refractivity contribution in [3.8, 4) is 5.75 Å². The minimum atomic E-state index is -1.53. The Morgan fingerprint density at radius 2 is 2.21 bits per heavy atom. The Bertz CT molecular complexity index is 392. The molecular formula is C7H4ClNO5. The molecule has 0 saturated carbocycles. The highest BCUT2D eigenvalue weighted by atomic mass is 35.5. The van der Waals surface area contributed by atoms with Gasteiger partial charge < -0.3 is 9.84 Å². The molecule has 0 atom stereocenters. The fourth-order valence-electron chi connectivity index (χ4n) is 0.780. The number of carbonyl (C=O) groups is 1. The number of nitrogens with zero attached hydrogens (tertiary/aromatic N) is 1. The molecule has 0 spiro atoms. The average Bonchev–Trinajstić information content (AvgIpc) is 2.07. The number of nitro groups is 1. The number of carboxylic acid groups (broad SMARTS) is 1. The van der Waals surface area contributed by atoms with E-state index in [0.29, 0.717) is 0 Å². The van der Waals surface area contributed by atoms with Crippen molar-refractivity contribution in [2.45, 2.75) is 0 Å². The Morgan fingerprint density at radius 1 is 1.57 bits per heavy atom. The minimum Gasteiger partial charge on any atom is -0.449 e. The van der Waals surface area contributed by atoms with Crippen molar-refractivity contribution in [2.75, 3.05) is 0 Å². The highest BCUT2D eigenvalue weighted by Crippen LogP contribution is 2.28. The lowest BCUT2D eigenvalue weighted by atomic mass is 10.3. The van der Waals surface area contributed by atoms with Gasteiger partial charge in [0.25, 0.3) is 5.69 Å². The molecule has 14 heavy (non-hydrogen) atoms. The molecule has 1 aromatic carbocycles. The summed E-state index contributed by atoms with van der Waals surface area (Å²) in [5.41, 5.74) is -0.229. The highest BCUT2D eigenvalue weighted by molar-refractivity contribution is 6.32. The van der Waals surface area contributed by atoms with Gasteiger partial charge in [-0.3, -0.25) is 10.1 Å². The molecular weight excluding hydrogens is 214 g/mol. The lowest BCUT2D eigenvalue weighted by Crippen LogP contribution is -2.03. The summed E-state index contributed by atoms with van der Waals surface area (Å²) in [4.78, 5) is 19.8. The van der Waals surface area contributed by atoms with Crippen molar-refractivity contribution in [3.63, 3.8) is 0 Å². The second-order valence-corrected chi connectivity index (χ2v) is 2.65. The second kappa shape index (κ2) is 3.93. The molecule has 0 aliphatic heterocycles. The van der Waals surface area contributed by atoms with E-state index in [2.05, 4.69) is 4.74 Å². The lowest BCUT2D eigenvalue weighted by Gasteiger charge is -2.01. The van der Waals surface area contributed by atoms with E-state index >= 15 is 0 Å². The van der Waals surface area contributed by atoms with Crippen LogP contribution in [0.2, 0.25) is 5.02 Å². The third-order valence-corrected chi connectivity index (χ3v) is 1.62. The third kappa shape index (κ3) is 2.33. The topological polar surface area (TPSA) is 89.7 Å². The fourth-order valence-corrected chi connectivity index (χ4v) is 0.994. The standard InChI is InChI=1S/C7H4ClNO5/c8-5-3-4(9(12)13)1-2-6(5)14-7(10)11/h1-3H,(H,10,11). The number of non-ortho nitro benzene ring substituents is 1. The molecule has 74 valence electrons. The maximum atomic E-state index is 10.3. The SMILES string of the molecule is O=C(O)Oc1ccc([N+](=O)[O-])cc1Cl. The number of nitro benzene ring substituents is 1. The zero-order valence-corrected chi connectivity index (χ0v) is 7.39. The first kappa shape index (κ1) is 10.3. The molecule has 0 amide bonds. The zero-order chi connectivity index (χ0) is 10.7. The van der Waals surface area contributed by atoms with Gasteiger partial charge in [-0.1, -0.05) is 11.6 Å². The molecule has 0 heterocycles. The Kier molecular flexibility index (Phi) is 2.88. The Morgan fingerprint density at radius 3 is 2.64 bits per heavy atom. The van der Waals surface area contributed by atoms with Gasteiger partial charge in [-0.05, 0) is 6.07 Å². The van der Waals surface area contributed by atoms with E-state index in [1.54, 1.807) is 0 Å². The maximum Gasteiger partial charge on any atom is 0.511 e. The molecule has 0 aromatic heterocycles. The molecule has 7 heteroatoms. The van der Waals surface area contributed by atoms with Crippen LogP contribution in [0, 0.1) is 10.1 Å². The molecule has 1 rings (SSSR count). The number of benzene rings is 1. The molecule has 0 bridgehead atoms. The van der Waals surface area contributed by atoms with Crippen molar-refractivity contribution in [2.24, 2.45) is 0 Å². The van der Waals surface area contributed by atoms with Gasteiger partial charge in [-0.25, -0.2) is 4.79 Å². The molecule has 0 aliphatic rings. The predicted octanol–water partition coefficient (Wildman–Crippen LogP) is 2.31. The molecule has 1 N–H and O–H groups in total. The largest absolute Gasteiger partial charge is 0.511 e. The number of hydrogen-bond acceptors (Lipinski definition) is 4. The van der Waals surface area contributed by atoms with Crippen molar-refractivity contribution in [1.82, 2.24) is 0 Å². The van der Waals surface area contributed by atoms with Gasteiger partial charge in [0.15, 0.2) is 5.75 Å². The van der Waals surface area contributed by atoms with Gasteiger partial charge in [0.2, 0.25) is 0 Å². The molecule has 0 unspecified atom stereocenters. The van der Waals surface area contributed by atoms with Crippen LogP contribution in [0.4, 0.5) is 10.5 Å². The van der Waals surface area contributed by atoms with Crippen LogP contribution in [0.1, 0.15) is 0 Å². The number of ether oxygens (including phenoxy) is 1. The van der Waals surface area contributed by atoms with Gasteiger partial charge >= 0.3 is 6.16 Å². The second-order valence-electron chi connectivity index (χ2n) is 2.24. The van der Waals surface area contributed by atoms with Crippen LogP contribution in [-0.4, -0.2) is 16.2 Å². The van der Waals surface area contributed by atoms with Crippen LogP contribution in [0.5, 0.6) is 5.75 Å². The minimum absolute atomic E-state index is 0.124. The smallest absolute Gasteiger partial charge is 0.449 e. The summed E-state index contributed by atoms with van der Waals surface area (Å²) in [6.45, 7) is 0. The average molecular weight is 218 g/mol. The summed E-state index contributed by atoms with van der Waals surface area (Å²) in [5, 5.41) is 18.4. The van der Waals surface area contributed by atoms with Crippen LogP contribution in [0.15, 0.2) is 18.2 Å².